The SMILES string of the molecule is CC(C)C(CNc1cc(Br)c(F)cc1[N+](=O)[O-])C(C)C. The zero-order valence-electron chi connectivity index (χ0n) is 12.1. The molecule has 0 aliphatic heterocycles. The summed E-state index contributed by atoms with van der Waals surface area (Å²) in [5.74, 6) is 0.681. The minimum atomic E-state index is -0.633. The molecule has 1 N–H and O–H groups in total. The van der Waals surface area contributed by atoms with Crippen molar-refractivity contribution in [2.75, 3.05) is 11.9 Å². The van der Waals surface area contributed by atoms with Gasteiger partial charge in [-0.25, -0.2) is 4.39 Å². The van der Waals surface area contributed by atoms with E-state index < -0.39 is 10.7 Å². The molecule has 1 aromatic carbocycles. The molecule has 0 saturated carbocycles. The summed E-state index contributed by atoms with van der Waals surface area (Å²) in [4.78, 5) is 10.4. The number of halogens is 2. The quantitative estimate of drug-likeness (QED) is 0.592. The second kappa shape index (κ2) is 7.02. The van der Waals surface area contributed by atoms with E-state index in [1.807, 2.05) is 0 Å². The summed E-state index contributed by atoms with van der Waals surface area (Å²) in [5, 5.41) is 14.1. The minimum absolute atomic E-state index is 0.219. The first-order valence-electron chi connectivity index (χ1n) is 6.61. The lowest BCUT2D eigenvalue weighted by molar-refractivity contribution is -0.384. The Kier molecular flexibility index (Phi) is 5.92. The zero-order chi connectivity index (χ0) is 15.4. The standard InChI is InChI=1S/C14H20BrFN2O2/c1-8(2)10(9(3)4)7-17-13-5-11(15)12(16)6-14(13)18(19)20/h5-6,8-10,17H,7H2,1-4H3. The predicted octanol–water partition coefficient (Wildman–Crippen LogP) is 4.84. The molecule has 0 aromatic heterocycles. The fourth-order valence-corrected chi connectivity index (χ4v) is 2.64. The van der Waals surface area contributed by atoms with Crippen LogP contribution in [0.2, 0.25) is 0 Å². The third-order valence-corrected chi connectivity index (χ3v) is 4.08. The van der Waals surface area contributed by atoms with Gasteiger partial charge in [-0.3, -0.25) is 10.1 Å². The number of hydrogen-bond acceptors (Lipinski definition) is 3. The molecule has 1 rings (SSSR count). The molecule has 0 aliphatic rings. The molecule has 112 valence electrons. The summed E-state index contributed by atoms with van der Waals surface area (Å²) in [6, 6.07) is 2.36. The molecule has 20 heavy (non-hydrogen) atoms. The van der Waals surface area contributed by atoms with E-state index in [1.165, 1.54) is 6.07 Å². The topological polar surface area (TPSA) is 55.2 Å². The maximum Gasteiger partial charge on any atom is 0.295 e. The van der Waals surface area contributed by atoms with Gasteiger partial charge in [0.25, 0.3) is 5.69 Å². The normalized spacial score (nSPS) is 11.4. The highest BCUT2D eigenvalue weighted by atomic mass is 79.9. The van der Waals surface area contributed by atoms with Gasteiger partial charge in [-0.15, -0.1) is 0 Å². The fourth-order valence-electron chi connectivity index (χ4n) is 2.30. The molecule has 0 spiro atoms. The van der Waals surface area contributed by atoms with Crippen LogP contribution in [0.1, 0.15) is 27.7 Å². The van der Waals surface area contributed by atoms with Crippen molar-refractivity contribution in [2.45, 2.75) is 27.7 Å². The molecule has 0 heterocycles. The Morgan fingerprint density at radius 3 is 2.30 bits per heavy atom. The average Bonchev–Trinajstić information content (AvgIpc) is 2.32. The first-order valence-corrected chi connectivity index (χ1v) is 7.40. The van der Waals surface area contributed by atoms with Crippen molar-refractivity contribution in [1.29, 1.82) is 0 Å². The number of rotatable bonds is 6. The van der Waals surface area contributed by atoms with Crippen LogP contribution in [0, 0.1) is 33.7 Å². The monoisotopic (exact) mass is 346 g/mol. The van der Waals surface area contributed by atoms with Gasteiger partial charge in [0.15, 0.2) is 0 Å². The summed E-state index contributed by atoms with van der Waals surface area (Å²) in [6.07, 6.45) is 0. The summed E-state index contributed by atoms with van der Waals surface area (Å²) in [6.45, 7) is 9.12. The van der Waals surface area contributed by atoms with Crippen LogP contribution in [-0.4, -0.2) is 11.5 Å². The number of nitro groups is 1. The van der Waals surface area contributed by atoms with Gasteiger partial charge < -0.3 is 5.32 Å². The van der Waals surface area contributed by atoms with Crippen molar-refractivity contribution < 1.29 is 9.31 Å². The largest absolute Gasteiger partial charge is 0.379 e. The summed E-state index contributed by atoms with van der Waals surface area (Å²) < 4.78 is 13.6. The third kappa shape index (κ3) is 4.16. The summed E-state index contributed by atoms with van der Waals surface area (Å²) >= 11 is 3.06. The Morgan fingerprint density at radius 2 is 1.85 bits per heavy atom. The van der Waals surface area contributed by atoms with Crippen molar-refractivity contribution in [3.8, 4) is 0 Å². The minimum Gasteiger partial charge on any atom is -0.379 e. The van der Waals surface area contributed by atoms with Crippen molar-refractivity contribution in [3.63, 3.8) is 0 Å². The van der Waals surface area contributed by atoms with Gasteiger partial charge >= 0.3 is 0 Å². The third-order valence-electron chi connectivity index (χ3n) is 3.48. The lowest BCUT2D eigenvalue weighted by atomic mass is 9.85. The fraction of sp³-hybridized carbons (Fsp3) is 0.571. The van der Waals surface area contributed by atoms with Crippen LogP contribution in [-0.2, 0) is 0 Å². The molecule has 1 aromatic rings. The molecule has 0 atom stereocenters. The number of anilines is 1. The smallest absolute Gasteiger partial charge is 0.295 e. The first-order chi connectivity index (χ1) is 9.23. The van der Waals surface area contributed by atoms with E-state index in [1.54, 1.807) is 0 Å². The van der Waals surface area contributed by atoms with Crippen LogP contribution in [0.5, 0.6) is 0 Å². The molecule has 0 aliphatic carbocycles. The molecule has 0 bridgehead atoms. The number of benzene rings is 1. The number of nitrogens with zero attached hydrogens (tertiary/aromatic N) is 1. The molecule has 0 fully saturated rings. The van der Waals surface area contributed by atoms with Crippen LogP contribution in [0.15, 0.2) is 16.6 Å². The van der Waals surface area contributed by atoms with E-state index in [0.29, 0.717) is 30.0 Å². The van der Waals surface area contributed by atoms with Crippen molar-refractivity contribution in [1.82, 2.24) is 0 Å². The highest BCUT2D eigenvalue weighted by molar-refractivity contribution is 9.10. The van der Waals surface area contributed by atoms with Gasteiger partial charge in [-0.2, -0.15) is 0 Å². The van der Waals surface area contributed by atoms with Crippen molar-refractivity contribution >= 4 is 27.3 Å². The maximum absolute atomic E-state index is 13.4. The first kappa shape index (κ1) is 16.9. The molecule has 0 radical (unpaired) electrons. The molecular formula is C14H20BrFN2O2. The Morgan fingerprint density at radius 1 is 1.30 bits per heavy atom. The van der Waals surface area contributed by atoms with E-state index in [0.717, 1.165) is 6.07 Å². The van der Waals surface area contributed by atoms with Gasteiger partial charge in [0.05, 0.1) is 15.5 Å². The second-order valence-electron chi connectivity index (χ2n) is 5.57. The van der Waals surface area contributed by atoms with Gasteiger partial charge in [0, 0.05) is 6.54 Å². The predicted molar refractivity (Wildman–Crippen MR) is 82.4 cm³/mol. The molecular weight excluding hydrogens is 327 g/mol. The Balaban J connectivity index is 2.97. The van der Waals surface area contributed by atoms with Gasteiger partial charge in [-0.05, 0) is 39.8 Å². The van der Waals surface area contributed by atoms with E-state index in [-0.39, 0.29) is 10.2 Å². The number of nitrogens with one attached hydrogen (secondary N) is 1. The van der Waals surface area contributed by atoms with Gasteiger partial charge in [-0.1, -0.05) is 27.7 Å². The molecule has 6 heteroatoms. The molecule has 4 nitrogen and oxygen atoms in total. The van der Waals surface area contributed by atoms with E-state index in [4.69, 9.17) is 0 Å². The Bertz CT molecular complexity index is 484. The molecule has 0 saturated heterocycles. The van der Waals surface area contributed by atoms with E-state index >= 15 is 0 Å². The molecule has 0 unspecified atom stereocenters. The molecule has 0 amide bonds. The second-order valence-corrected chi connectivity index (χ2v) is 6.43. The zero-order valence-corrected chi connectivity index (χ0v) is 13.7. The average molecular weight is 347 g/mol. The van der Waals surface area contributed by atoms with Gasteiger partial charge in [0.2, 0.25) is 0 Å². The van der Waals surface area contributed by atoms with Crippen LogP contribution in [0.25, 0.3) is 0 Å². The van der Waals surface area contributed by atoms with Crippen LogP contribution >= 0.6 is 15.9 Å². The Hall–Kier alpha value is -1.17. The maximum atomic E-state index is 13.4. The lowest BCUT2D eigenvalue weighted by Gasteiger charge is -2.25. The van der Waals surface area contributed by atoms with Gasteiger partial charge in [0.1, 0.15) is 11.5 Å². The number of hydrogen-bond donors (Lipinski definition) is 1. The van der Waals surface area contributed by atoms with Crippen LogP contribution in [0.3, 0.4) is 0 Å². The van der Waals surface area contributed by atoms with Crippen LogP contribution < -0.4 is 5.32 Å². The van der Waals surface area contributed by atoms with E-state index in [9.17, 15) is 14.5 Å². The highest BCUT2D eigenvalue weighted by Crippen LogP contribution is 2.31. The Labute approximate surface area is 127 Å². The van der Waals surface area contributed by atoms with Crippen molar-refractivity contribution in [2.24, 2.45) is 17.8 Å². The van der Waals surface area contributed by atoms with E-state index in [2.05, 4.69) is 48.9 Å². The van der Waals surface area contributed by atoms with Crippen molar-refractivity contribution in [3.05, 3.63) is 32.5 Å². The summed E-state index contributed by atoms with van der Waals surface area (Å²) in [7, 11) is 0. The summed E-state index contributed by atoms with van der Waals surface area (Å²) in [5.41, 5.74) is 0.103. The number of nitro benzene ring substituents is 1. The van der Waals surface area contributed by atoms with Crippen LogP contribution in [0.4, 0.5) is 15.8 Å². The lowest BCUT2D eigenvalue weighted by Crippen LogP contribution is -2.24. The highest BCUT2D eigenvalue weighted by Gasteiger charge is 2.21.